The molecule has 0 aliphatic rings. The molecule has 0 aliphatic carbocycles. The van der Waals surface area contributed by atoms with Gasteiger partial charge in [0.05, 0.1) is 11.6 Å². The highest BCUT2D eigenvalue weighted by molar-refractivity contribution is 6.35. The Balaban J connectivity index is 2.15. The fraction of sp³-hybridized carbons (Fsp3) is 0.0625. The minimum absolute atomic E-state index is 0.335. The Morgan fingerprint density at radius 1 is 0.950 bits per heavy atom. The van der Waals surface area contributed by atoms with Crippen molar-refractivity contribution >= 4 is 34.1 Å². The molecule has 0 saturated heterocycles. The van der Waals surface area contributed by atoms with Gasteiger partial charge in [-0.3, -0.25) is 4.98 Å². The zero-order chi connectivity index (χ0) is 14.1. The van der Waals surface area contributed by atoms with E-state index in [2.05, 4.69) is 4.98 Å². The Hall–Kier alpha value is -1.61. The Morgan fingerprint density at radius 2 is 1.75 bits per heavy atom. The van der Waals surface area contributed by atoms with E-state index >= 15 is 0 Å². The largest absolute Gasteiger partial charge is 0.320 e. The number of benzene rings is 2. The summed E-state index contributed by atoms with van der Waals surface area (Å²) in [5.41, 5.74) is 9.06. The van der Waals surface area contributed by atoms with Crippen LogP contribution in [0.5, 0.6) is 0 Å². The van der Waals surface area contributed by atoms with Crippen molar-refractivity contribution in [2.24, 2.45) is 5.73 Å². The Kier molecular flexibility index (Phi) is 3.62. The van der Waals surface area contributed by atoms with Gasteiger partial charge in [0.2, 0.25) is 0 Å². The number of nitrogens with two attached hydrogens (primary N) is 1. The second-order valence-electron chi connectivity index (χ2n) is 4.57. The smallest absolute Gasteiger partial charge is 0.0753 e. The average Bonchev–Trinajstić information content (AvgIpc) is 2.46. The zero-order valence-electron chi connectivity index (χ0n) is 10.6. The van der Waals surface area contributed by atoms with Crippen molar-refractivity contribution in [1.82, 2.24) is 4.98 Å². The Morgan fingerprint density at radius 3 is 2.55 bits per heavy atom. The van der Waals surface area contributed by atoms with Gasteiger partial charge < -0.3 is 5.73 Å². The van der Waals surface area contributed by atoms with Crippen molar-refractivity contribution in [3.63, 3.8) is 0 Å². The van der Waals surface area contributed by atoms with Crippen LogP contribution in [0.2, 0.25) is 10.0 Å². The molecule has 3 aromatic rings. The summed E-state index contributed by atoms with van der Waals surface area (Å²) < 4.78 is 0. The summed E-state index contributed by atoms with van der Waals surface area (Å²) >= 11 is 12.2. The van der Waals surface area contributed by atoms with Crippen molar-refractivity contribution in [3.05, 3.63) is 75.9 Å². The highest BCUT2D eigenvalue weighted by Gasteiger charge is 2.15. The van der Waals surface area contributed by atoms with Gasteiger partial charge in [-0.2, -0.15) is 0 Å². The summed E-state index contributed by atoms with van der Waals surface area (Å²) in [4.78, 5) is 4.43. The molecule has 1 unspecified atom stereocenters. The van der Waals surface area contributed by atoms with Crippen molar-refractivity contribution in [3.8, 4) is 0 Å². The van der Waals surface area contributed by atoms with Crippen molar-refractivity contribution in [2.75, 3.05) is 0 Å². The van der Waals surface area contributed by atoms with Gasteiger partial charge in [-0.25, -0.2) is 0 Å². The van der Waals surface area contributed by atoms with Crippen LogP contribution in [-0.2, 0) is 0 Å². The maximum atomic E-state index is 6.37. The van der Waals surface area contributed by atoms with E-state index in [1.165, 1.54) is 0 Å². The molecule has 1 atom stereocenters. The van der Waals surface area contributed by atoms with Crippen LogP contribution >= 0.6 is 23.2 Å². The van der Waals surface area contributed by atoms with Crippen molar-refractivity contribution < 1.29 is 0 Å². The fourth-order valence-corrected chi connectivity index (χ4v) is 2.83. The number of nitrogens with zero attached hydrogens (tertiary/aromatic N) is 1. The summed E-state index contributed by atoms with van der Waals surface area (Å²) in [6, 6.07) is 14.9. The minimum Gasteiger partial charge on any atom is -0.320 e. The molecular formula is C16H12Cl2N2. The van der Waals surface area contributed by atoms with Crippen molar-refractivity contribution in [2.45, 2.75) is 6.04 Å². The lowest BCUT2D eigenvalue weighted by atomic mass is 9.97. The van der Waals surface area contributed by atoms with Crippen LogP contribution in [0.4, 0.5) is 0 Å². The summed E-state index contributed by atoms with van der Waals surface area (Å²) in [5.74, 6) is 0. The third-order valence-corrected chi connectivity index (χ3v) is 3.86. The van der Waals surface area contributed by atoms with Crippen LogP contribution in [0.25, 0.3) is 10.9 Å². The van der Waals surface area contributed by atoms with E-state index in [9.17, 15) is 0 Å². The lowest BCUT2D eigenvalue weighted by molar-refractivity contribution is 0.877. The van der Waals surface area contributed by atoms with Crippen LogP contribution in [0.1, 0.15) is 17.2 Å². The lowest BCUT2D eigenvalue weighted by Crippen LogP contribution is -2.13. The Bertz CT molecular complexity index is 766. The third-order valence-electron chi connectivity index (χ3n) is 3.30. The van der Waals surface area contributed by atoms with Gasteiger partial charge in [0.1, 0.15) is 0 Å². The van der Waals surface area contributed by atoms with Gasteiger partial charge in [-0.15, -0.1) is 0 Å². The molecular weight excluding hydrogens is 291 g/mol. The van der Waals surface area contributed by atoms with Crippen LogP contribution in [0, 0.1) is 0 Å². The molecule has 3 rings (SSSR count). The molecule has 2 aromatic carbocycles. The topological polar surface area (TPSA) is 38.9 Å². The molecule has 0 aliphatic heterocycles. The molecule has 1 aromatic heterocycles. The molecule has 0 spiro atoms. The van der Waals surface area contributed by atoms with Gasteiger partial charge >= 0.3 is 0 Å². The summed E-state index contributed by atoms with van der Waals surface area (Å²) in [6.07, 6.45) is 1.77. The lowest BCUT2D eigenvalue weighted by Gasteiger charge is -2.16. The summed E-state index contributed by atoms with van der Waals surface area (Å²) in [6.45, 7) is 0. The number of halogens is 2. The molecule has 100 valence electrons. The molecule has 0 saturated carbocycles. The second-order valence-corrected chi connectivity index (χ2v) is 5.41. The number of rotatable bonds is 2. The molecule has 4 heteroatoms. The predicted octanol–water partition coefficient (Wildman–Crippen LogP) is 4.59. The van der Waals surface area contributed by atoms with Gasteiger partial charge in [0.15, 0.2) is 0 Å². The SMILES string of the molecule is NC(c1ccc(Cl)cc1Cl)c1cccc2cccnc12. The second kappa shape index (κ2) is 5.41. The standard InChI is InChI=1S/C16H12Cl2N2/c17-11-6-7-12(14(18)9-11)15(19)13-5-1-3-10-4-2-8-20-16(10)13/h1-9,15H,19H2. The van der Waals surface area contributed by atoms with E-state index in [1.54, 1.807) is 18.3 Å². The minimum atomic E-state index is -0.335. The van der Waals surface area contributed by atoms with E-state index in [-0.39, 0.29) is 6.04 Å². The molecule has 0 fully saturated rings. The van der Waals surface area contributed by atoms with Crippen LogP contribution in [-0.4, -0.2) is 4.98 Å². The molecule has 2 N–H and O–H groups in total. The quantitative estimate of drug-likeness (QED) is 0.752. The number of fused-ring (bicyclic) bond motifs is 1. The zero-order valence-corrected chi connectivity index (χ0v) is 12.1. The van der Waals surface area contributed by atoms with Gasteiger partial charge in [-0.05, 0) is 29.3 Å². The molecule has 0 bridgehead atoms. The highest BCUT2D eigenvalue weighted by Crippen LogP contribution is 2.31. The normalized spacial score (nSPS) is 12.6. The van der Waals surface area contributed by atoms with E-state index < -0.39 is 0 Å². The number of hydrogen-bond acceptors (Lipinski definition) is 2. The molecule has 2 nitrogen and oxygen atoms in total. The third kappa shape index (κ3) is 2.38. The summed E-state index contributed by atoms with van der Waals surface area (Å²) in [5, 5.41) is 2.23. The number of para-hydroxylation sites is 1. The van der Waals surface area contributed by atoms with Gasteiger partial charge in [-0.1, -0.05) is 53.5 Å². The number of aromatic nitrogens is 1. The highest BCUT2D eigenvalue weighted by atomic mass is 35.5. The van der Waals surface area contributed by atoms with E-state index in [4.69, 9.17) is 28.9 Å². The molecule has 0 amide bonds. The van der Waals surface area contributed by atoms with Crippen molar-refractivity contribution in [1.29, 1.82) is 0 Å². The van der Waals surface area contributed by atoms with Crippen LogP contribution in [0.15, 0.2) is 54.7 Å². The predicted molar refractivity (Wildman–Crippen MR) is 84.2 cm³/mol. The van der Waals surface area contributed by atoms with E-state index in [1.807, 2.05) is 36.4 Å². The van der Waals surface area contributed by atoms with Crippen LogP contribution < -0.4 is 5.73 Å². The first-order chi connectivity index (χ1) is 9.66. The maximum Gasteiger partial charge on any atom is 0.0753 e. The summed E-state index contributed by atoms with van der Waals surface area (Å²) in [7, 11) is 0. The maximum absolute atomic E-state index is 6.37. The monoisotopic (exact) mass is 302 g/mol. The van der Waals surface area contributed by atoms with Gasteiger partial charge in [0.25, 0.3) is 0 Å². The van der Waals surface area contributed by atoms with E-state index in [0.717, 1.165) is 22.0 Å². The average molecular weight is 303 g/mol. The first kappa shape index (κ1) is 13.4. The first-order valence-electron chi connectivity index (χ1n) is 6.21. The first-order valence-corrected chi connectivity index (χ1v) is 6.96. The Labute approximate surface area is 127 Å². The van der Waals surface area contributed by atoms with Gasteiger partial charge in [0, 0.05) is 21.6 Å². The number of pyridine rings is 1. The number of hydrogen-bond donors (Lipinski definition) is 1. The molecule has 20 heavy (non-hydrogen) atoms. The molecule has 1 heterocycles. The molecule has 0 radical (unpaired) electrons. The van der Waals surface area contributed by atoms with Crippen LogP contribution in [0.3, 0.4) is 0 Å². The van der Waals surface area contributed by atoms with E-state index in [0.29, 0.717) is 10.0 Å². The fourth-order valence-electron chi connectivity index (χ4n) is 2.30.